The standard InChI is InChI=1S/C26H36F3N5O4/c1-23(2,3)18(33-22(38)25(7-8-25)26(27,28)29)21(37)34-12-15-16(24(15,4)5)17(34)20(36)32-14(11-30)10-13-6-9-31-19(13)35/h13-18H,6-10,12H2,1-5H3,(H,31,35)(H,32,36)(H,33,38). The zero-order valence-electron chi connectivity index (χ0n) is 22.4. The Balaban J connectivity index is 1.53. The first-order valence-electron chi connectivity index (χ1n) is 13.1. The van der Waals surface area contributed by atoms with Crippen LogP contribution in [0.5, 0.6) is 0 Å². The number of carbonyl (C=O) groups is 4. The highest BCUT2D eigenvalue weighted by Gasteiger charge is 2.71. The summed E-state index contributed by atoms with van der Waals surface area (Å²) in [6, 6.07) is -1.12. The number of amides is 4. The maximum atomic E-state index is 13.8. The lowest BCUT2D eigenvalue weighted by Crippen LogP contribution is -2.61. The molecule has 0 spiro atoms. The van der Waals surface area contributed by atoms with E-state index in [1.54, 1.807) is 20.8 Å². The normalized spacial score (nSPS) is 30.4. The molecule has 6 atom stereocenters. The highest BCUT2D eigenvalue weighted by atomic mass is 19.4. The van der Waals surface area contributed by atoms with E-state index in [9.17, 15) is 37.6 Å². The molecule has 3 N–H and O–H groups in total. The number of nitrogens with one attached hydrogen (secondary N) is 3. The fourth-order valence-corrected chi connectivity index (χ4v) is 6.22. The molecule has 2 saturated carbocycles. The van der Waals surface area contributed by atoms with Gasteiger partial charge in [-0.2, -0.15) is 18.4 Å². The molecule has 0 aromatic rings. The molecule has 12 heteroatoms. The third-order valence-electron chi connectivity index (χ3n) is 9.03. The Bertz CT molecular complexity index is 1070. The Morgan fingerprint density at radius 2 is 1.82 bits per heavy atom. The molecule has 0 aromatic heterocycles. The number of halogens is 3. The number of piperidine rings is 1. The maximum absolute atomic E-state index is 13.8. The summed E-state index contributed by atoms with van der Waals surface area (Å²) in [5.74, 6) is -3.12. The molecule has 0 radical (unpaired) electrons. The molecular formula is C26H36F3N5O4. The largest absolute Gasteiger partial charge is 0.403 e. The van der Waals surface area contributed by atoms with E-state index >= 15 is 0 Å². The van der Waals surface area contributed by atoms with E-state index in [0.717, 1.165) is 0 Å². The predicted octanol–water partition coefficient (Wildman–Crippen LogP) is 1.88. The van der Waals surface area contributed by atoms with Gasteiger partial charge in [0.15, 0.2) is 0 Å². The van der Waals surface area contributed by atoms with Crippen molar-refractivity contribution in [3.8, 4) is 6.07 Å². The van der Waals surface area contributed by atoms with Crippen LogP contribution in [0.2, 0.25) is 0 Å². The zero-order chi connectivity index (χ0) is 28.4. The quantitative estimate of drug-likeness (QED) is 0.455. The van der Waals surface area contributed by atoms with Crippen molar-refractivity contribution < 1.29 is 32.3 Å². The lowest BCUT2D eigenvalue weighted by molar-refractivity contribution is -0.193. The van der Waals surface area contributed by atoms with Crippen molar-refractivity contribution >= 4 is 23.6 Å². The molecule has 4 rings (SSSR count). The van der Waals surface area contributed by atoms with Gasteiger partial charge < -0.3 is 20.9 Å². The number of hydrogen-bond donors (Lipinski definition) is 3. The van der Waals surface area contributed by atoms with E-state index in [1.807, 2.05) is 19.9 Å². The Kier molecular flexibility index (Phi) is 6.77. The number of hydrogen-bond acceptors (Lipinski definition) is 5. The summed E-state index contributed by atoms with van der Waals surface area (Å²) in [7, 11) is 0. The molecule has 4 aliphatic rings. The van der Waals surface area contributed by atoms with Crippen LogP contribution in [0.15, 0.2) is 0 Å². The van der Waals surface area contributed by atoms with Crippen LogP contribution in [-0.2, 0) is 19.2 Å². The number of fused-ring (bicyclic) bond motifs is 1. The van der Waals surface area contributed by atoms with Crippen molar-refractivity contribution in [3.05, 3.63) is 0 Å². The highest BCUT2D eigenvalue weighted by molar-refractivity contribution is 5.96. The summed E-state index contributed by atoms with van der Waals surface area (Å²) in [6.45, 7) is 9.65. The second-order valence-electron chi connectivity index (χ2n) is 12.9. The van der Waals surface area contributed by atoms with Crippen LogP contribution >= 0.6 is 0 Å². The third-order valence-corrected chi connectivity index (χ3v) is 9.03. The molecule has 38 heavy (non-hydrogen) atoms. The summed E-state index contributed by atoms with van der Waals surface area (Å²) < 4.78 is 40.7. The van der Waals surface area contributed by atoms with E-state index in [0.29, 0.717) is 13.0 Å². The minimum absolute atomic E-state index is 0.00427. The van der Waals surface area contributed by atoms with Crippen LogP contribution in [0.1, 0.15) is 60.3 Å². The third kappa shape index (κ3) is 4.73. The van der Waals surface area contributed by atoms with Gasteiger partial charge in [0.2, 0.25) is 23.6 Å². The fourth-order valence-electron chi connectivity index (χ4n) is 6.22. The Hall–Kier alpha value is -2.84. The monoisotopic (exact) mass is 539 g/mol. The summed E-state index contributed by atoms with van der Waals surface area (Å²) in [4.78, 5) is 53.4. The SMILES string of the molecule is CC(C)(C)C(NC(=O)C1(C(F)(F)F)CC1)C(=O)N1CC2C(C1C(=O)NC(C#N)CC1CCNC1=O)C2(C)C. The molecule has 0 aromatic carbocycles. The first-order chi connectivity index (χ1) is 17.5. The lowest BCUT2D eigenvalue weighted by atomic mass is 9.84. The topological polar surface area (TPSA) is 131 Å². The average molecular weight is 540 g/mol. The van der Waals surface area contributed by atoms with Gasteiger partial charge >= 0.3 is 6.18 Å². The van der Waals surface area contributed by atoms with Crippen molar-refractivity contribution in [3.63, 3.8) is 0 Å². The highest BCUT2D eigenvalue weighted by Crippen LogP contribution is 2.65. The minimum Gasteiger partial charge on any atom is -0.356 e. The number of nitriles is 1. The number of carbonyl (C=O) groups excluding carboxylic acids is 4. The van der Waals surface area contributed by atoms with Gasteiger partial charge in [-0.15, -0.1) is 0 Å². The Labute approximate surface area is 220 Å². The Morgan fingerprint density at radius 3 is 2.29 bits per heavy atom. The fraction of sp³-hybridized carbons (Fsp3) is 0.808. The average Bonchev–Trinajstić information content (AvgIpc) is 3.58. The van der Waals surface area contributed by atoms with Crippen molar-refractivity contribution in [1.29, 1.82) is 5.26 Å². The van der Waals surface area contributed by atoms with Crippen LogP contribution in [0, 0.1) is 45.3 Å². The van der Waals surface area contributed by atoms with Crippen molar-refractivity contribution in [2.75, 3.05) is 13.1 Å². The van der Waals surface area contributed by atoms with Crippen LogP contribution in [0.25, 0.3) is 0 Å². The molecule has 2 aliphatic heterocycles. The van der Waals surface area contributed by atoms with Gasteiger partial charge in [-0.25, -0.2) is 0 Å². The summed E-state index contributed by atoms with van der Waals surface area (Å²) in [5.41, 5.74) is -3.64. The second-order valence-corrected chi connectivity index (χ2v) is 12.9. The van der Waals surface area contributed by atoms with Crippen molar-refractivity contribution in [1.82, 2.24) is 20.9 Å². The van der Waals surface area contributed by atoms with Crippen LogP contribution in [0.4, 0.5) is 13.2 Å². The van der Waals surface area contributed by atoms with Gasteiger partial charge in [0.1, 0.15) is 23.5 Å². The van der Waals surface area contributed by atoms with Gasteiger partial charge in [0.05, 0.1) is 6.07 Å². The molecule has 2 aliphatic carbocycles. The zero-order valence-corrected chi connectivity index (χ0v) is 22.4. The van der Waals surface area contributed by atoms with Crippen molar-refractivity contribution in [2.45, 2.75) is 84.6 Å². The molecule has 210 valence electrons. The molecule has 4 fully saturated rings. The smallest absolute Gasteiger partial charge is 0.356 e. The van der Waals surface area contributed by atoms with Gasteiger partial charge in [0.25, 0.3) is 0 Å². The summed E-state index contributed by atoms with van der Waals surface area (Å²) in [5, 5.41) is 17.4. The summed E-state index contributed by atoms with van der Waals surface area (Å²) >= 11 is 0. The Morgan fingerprint density at radius 1 is 1.18 bits per heavy atom. The van der Waals surface area contributed by atoms with Gasteiger partial charge in [0, 0.05) is 19.0 Å². The number of likely N-dealkylation sites (tertiary alicyclic amines) is 1. The van der Waals surface area contributed by atoms with E-state index in [1.165, 1.54) is 4.90 Å². The molecule has 9 nitrogen and oxygen atoms in total. The van der Waals surface area contributed by atoms with E-state index in [4.69, 9.17) is 0 Å². The van der Waals surface area contributed by atoms with Crippen LogP contribution in [-0.4, -0.2) is 65.9 Å². The maximum Gasteiger partial charge on any atom is 0.403 e. The summed E-state index contributed by atoms with van der Waals surface area (Å²) in [6.07, 6.45) is -4.66. The first-order valence-corrected chi connectivity index (χ1v) is 13.1. The molecule has 6 unspecified atom stereocenters. The molecular weight excluding hydrogens is 503 g/mol. The molecule has 2 heterocycles. The van der Waals surface area contributed by atoms with Crippen LogP contribution in [0.3, 0.4) is 0 Å². The number of rotatable bonds is 7. The number of nitrogens with zero attached hydrogens (tertiary/aromatic N) is 2. The second kappa shape index (κ2) is 9.12. The van der Waals surface area contributed by atoms with Gasteiger partial charge in [-0.05, 0) is 48.3 Å². The minimum atomic E-state index is -4.72. The first kappa shape index (κ1) is 28.2. The molecule has 2 saturated heterocycles. The van der Waals surface area contributed by atoms with Gasteiger partial charge in [-0.1, -0.05) is 34.6 Å². The van der Waals surface area contributed by atoms with E-state index in [-0.39, 0.29) is 49.0 Å². The molecule has 0 bridgehead atoms. The lowest BCUT2D eigenvalue weighted by Gasteiger charge is -2.38. The predicted molar refractivity (Wildman–Crippen MR) is 129 cm³/mol. The van der Waals surface area contributed by atoms with Gasteiger partial charge in [-0.3, -0.25) is 19.2 Å². The van der Waals surface area contributed by atoms with Crippen molar-refractivity contribution in [2.24, 2.45) is 34.0 Å². The van der Waals surface area contributed by atoms with E-state index in [2.05, 4.69) is 16.0 Å². The molecule has 4 amide bonds. The van der Waals surface area contributed by atoms with E-state index < -0.39 is 58.8 Å². The van der Waals surface area contributed by atoms with Crippen LogP contribution < -0.4 is 16.0 Å². The number of alkyl halides is 3.